The van der Waals surface area contributed by atoms with E-state index in [2.05, 4.69) is 9.97 Å². The number of hydrogen-bond donors (Lipinski definition) is 2. The summed E-state index contributed by atoms with van der Waals surface area (Å²) in [7, 11) is -3.53. The van der Waals surface area contributed by atoms with Crippen molar-refractivity contribution in [3.05, 3.63) is 17.7 Å². The molecule has 0 radical (unpaired) electrons. The lowest BCUT2D eigenvalue weighted by molar-refractivity contribution is -0.141. The van der Waals surface area contributed by atoms with Crippen molar-refractivity contribution in [2.75, 3.05) is 5.75 Å². The number of H-pyrrole nitrogens is 1. The molecule has 3 rings (SSSR count). The number of hydrogen-bond acceptors (Lipinski definition) is 4. The minimum Gasteiger partial charge on any atom is -0.480 e. The van der Waals surface area contributed by atoms with Crippen LogP contribution in [0.2, 0.25) is 0 Å². The predicted molar refractivity (Wildman–Crippen MR) is 65.8 cm³/mol. The van der Waals surface area contributed by atoms with Crippen molar-refractivity contribution in [1.82, 2.24) is 14.3 Å². The van der Waals surface area contributed by atoms with Crippen molar-refractivity contribution >= 4 is 16.0 Å². The van der Waals surface area contributed by atoms with Crippen molar-refractivity contribution in [2.45, 2.75) is 31.8 Å². The van der Waals surface area contributed by atoms with Crippen LogP contribution in [-0.2, 0) is 27.8 Å². The molecule has 1 aromatic heterocycles. The van der Waals surface area contributed by atoms with Crippen LogP contribution in [0.25, 0.3) is 0 Å². The predicted octanol–water partition coefficient (Wildman–Crippen LogP) is -0.0392. The van der Waals surface area contributed by atoms with Crippen molar-refractivity contribution in [2.24, 2.45) is 5.92 Å². The smallest absolute Gasteiger partial charge is 0.322 e. The third kappa shape index (κ3) is 2.37. The standard InChI is InChI=1S/C11H15N3O4S/c15-11(16)10-3-8-9(13-6-12-8)4-14(10)19(17,18)5-7-1-2-7/h6-7,10H,1-5H2,(H,12,13)(H,15,16). The second kappa shape index (κ2) is 4.31. The average Bonchev–Trinajstić information content (AvgIpc) is 3.02. The molecule has 0 saturated heterocycles. The molecule has 2 aliphatic rings. The van der Waals surface area contributed by atoms with E-state index in [1.165, 1.54) is 6.33 Å². The molecule has 1 aliphatic carbocycles. The van der Waals surface area contributed by atoms with Crippen LogP contribution < -0.4 is 0 Å². The number of fused-ring (bicyclic) bond motifs is 1. The van der Waals surface area contributed by atoms with E-state index in [1.807, 2.05) is 0 Å². The lowest BCUT2D eigenvalue weighted by atomic mass is 10.1. The van der Waals surface area contributed by atoms with E-state index in [9.17, 15) is 18.3 Å². The molecule has 7 nitrogen and oxygen atoms in total. The number of sulfonamides is 1. The summed E-state index contributed by atoms with van der Waals surface area (Å²) in [5.41, 5.74) is 1.34. The zero-order valence-electron chi connectivity index (χ0n) is 10.2. The number of carbonyl (C=O) groups is 1. The van der Waals surface area contributed by atoms with Gasteiger partial charge in [-0.1, -0.05) is 0 Å². The maximum atomic E-state index is 12.3. The van der Waals surface area contributed by atoms with Crippen LogP contribution >= 0.6 is 0 Å². The van der Waals surface area contributed by atoms with Gasteiger partial charge in [-0.05, 0) is 18.8 Å². The Morgan fingerprint density at radius 1 is 1.53 bits per heavy atom. The van der Waals surface area contributed by atoms with E-state index >= 15 is 0 Å². The zero-order valence-corrected chi connectivity index (χ0v) is 11.1. The van der Waals surface area contributed by atoms with Gasteiger partial charge in [-0.25, -0.2) is 13.4 Å². The summed E-state index contributed by atoms with van der Waals surface area (Å²) < 4.78 is 25.7. The van der Waals surface area contributed by atoms with E-state index in [-0.39, 0.29) is 24.6 Å². The van der Waals surface area contributed by atoms with Crippen LogP contribution in [0.1, 0.15) is 24.2 Å². The maximum absolute atomic E-state index is 12.3. The molecule has 2 N–H and O–H groups in total. The Morgan fingerprint density at radius 2 is 2.26 bits per heavy atom. The van der Waals surface area contributed by atoms with Gasteiger partial charge in [-0.15, -0.1) is 0 Å². The molecule has 19 heavy (non-hydrogen) atoms. The van der Waals surface area contributed by atoms with Gasteiger partial charge >= 0.3 is 5.97 Å². The largest absolute Gasteiger partial charge is 0.480 e. The van der Waals surface area contributed by atoms with Crippen LogP contribution in [0.15, 0.2) is 6.33 Å². The number of carboxylic acids is 1. The Bertz CT molecular complexity index is 605. The Labute approximate surface area is 110 Å². The van der Waals surface area contributed by atoms with E-state index in [4.69, 9.17) is 0 Å². The summed E-state index contributed by atoms with van der Waals surface area (Å²) in [5.74, 6) is -0.865. The molecule has 8 heteroatoms. The minimum absolute atomic E-state index is 0.0558. The van der Waals surface area contributed by atoms with Gasteiger partial charge in [-0.2, -0.15) is 4.31 Å². The highest BCUT2D eigenvalue weighted by atomic mass is 32.2. The van der Waals surface area contributed by atoms with E-state index in [0.717, 1.165) is 17.1 Å². The number of rotatable bonds is 4. The van der Waals surface area contributed by atoms with Gasteiger partial charge in [0, 0.05) is 6.42 Å². The average molecular weight is 285 g/mol. The number of aromatic nitrogens is 2. The minimum atomic E-state index is -3.53. The number of nitrogens with zero attached hydrogens (tertiary/aromatic N) is 2. The topological polar surface area (TPSA) is 103 Å². The highest BCUT2D eigenvalue weighted by Gasteiger charge is 2.42. The first-order chi connectivity index (χ1) is 8.97. The van der Waals surface area contributed by atoms with Crippen LogP contribution in [0.3, 0.4) is 0 Å². The fourth-order valence-electron chi connectivity index (χ4n) is 2.39. The van der Waals surface area contributed by atoms with Crippen molar-refractivity contribution in [3.63, 3.8) is 0 Å². The van der Waals surface area contributed by atoms with E-state index in [0.29, 0.717) is 11.4 Å². The molecule has 0 bridgehead atoms. The monoisotopic (exact) mass is 285 g/mol. The van der Waals surface area contributed by atoms with Crippen molar-refractivity contribution < 1.29 is 18.3 Å². The number of aliphatic carboxylic acids is 1. The van der Waals surface area contributed by atoms with Gasteiger partial charge in [0.15, 0.2) is 0 Å². The van der Waals surface area contributed by atoms with Crippen LogP contribution in [0.4, 0.5) is 0 Å². The molecule has 1 atom stereocenters. The fourth-order valence-corrected chi connectivity index (χ4v) is 4.39. The van der Waals surface area contributed by atoms with Gasteiger partial charge in [0.2, 0.25) is 10.0 Å². The van der Waals surface area contributed by atoms with Gasteiger partial charge in [0.25, 0.3) is 0 Å². The molecule has 104 valence electrons. The molecule has 1 unspecified atom stereocenters. The molecule has 1 fully saturated rings. The lowest BCUT2D eigenvalue weighted by Gasteiger charge is -2.31. The summed E-state index contributed by atoms with van der Waals surface area (Å²) >= 11 is 0. The van der Waals surface area contributed by atoms with Crippen LogP contribution in [0.5, 0.6) is 0 Å². The Kier molecular flexibility index (Phi) is 2.86. The third-order valence-electron chi connectivity index (χ3n) is 3.64. The lowest BCUT2D eigenvalue weighted by Crippen LogP contribution is -2.49. The van der Waals surface area contributed by atoms with Crippen LogP contribution in [0, 0.1) is 5.92 Å². The van der Waals surface area contributed by atoms with Gasteiger partial charge in [0.05, 0.1) is 30.0 Å². The summed E-state index contributed by atoms with van der Waals surface area (Å²) in [4.78, 5) is 18.2. The summed E-state index contributed by atoms with van der Waals surface area (Å²) in [5, 5.41) is 9.24. The Morgan fingerprint density at radius 3 is 2.89 bits per heavy atom. The number of nitrogens with one attached hydrogen (secondary N) is 1. The molecule has 1 aliphatic heterocycles. The first-order valence-corrected chi connectivity index (χ1v) is 7.82. The van der Waals surface area contributed by atoms with Crippen molar-refractivity contribution in [1.29, 1.82) is 0 Å². The summed E-state index contributed by atoms with van der Waals surface area (Å²) in [6.07, 6.45) is 3.43. The first kappa shape index (κ1) is 12.6. The van der Waals surface area contributed by atoms with Crippen molar-refractivity contribution in [3.8, 4) is 0 Å². The number of aromatic amines is 1. The zero-order chi connectivity index (χ0) is 13.6. The molecule has 1 aromatic rings. The van der Waals surface area contributed by atoms with E-state index < -0.39 is 22.0 Å². The molecular formula is C11H15N3O4S. The van der Waals surface area contributed by atoms with Gasteiger partial charge < -0.3 is 10.1 Å². The van der Waals surface area contributed by atoms with E-state index in [1.54, 1.807) is 0 Å². The molecule has 0 aromatic carbocycles. The molecule has 2 heterocycles. The fraction of sp³-hybridized carbons (Fsp3) is 0.636. The van der Waals surface area contributed by atoms with Gasteiger partial charge in [0.1, 0.15) is 6.04 Å². The summed E-state index contributed by atoms with van der Waals surface area (Å²) in [6, 6.07) is -1.04. The second-order valence-corrected chi connectivity index (χ2v) is 7.12. The summed E-state index contributed by atoms with van der Waals surface area (Å²) in [6.45, 7) is 0.0708. The Balaban J connectivity index is 1.91. The molecular weight excluding hydrogens is 270 g/mol. The number of carboxylic acid groups (broad SMARTS) is 1. The molecule has 0 spiro atoms. The first-order valence-electron chi connectivity index (χ1n) is 6.21. The van der Waals surface area contributed by atoms with Gasteiger partial charge in [-0.3, -0.25) is 4.79 Å². The van der Waals surface area contributed by atoms with Crippen LogP contribution in [-0.4, -0.2) is 45.6 Å². The highest BCUT2D eigenvalue weighted by Crippen LogP contribution is 2.33. The highest BCUT2D eigenvalue weighted by molar-refractivity contribution is 7.89. The molecule has 0 amide bonds. The quantitative estimate of drug-likeness (QED) is 0.808. The third-order valence-corrected chi connectivity index (χ3v) is 5.63. The SMILES string of the molecule is O=C(O)C1Cc2nc[nH]c2CN1S(=O)(=O)CC1CC1. The molecule has 1 saturated carbocycles. The Hall–Kier alpha value is -1.41. The maximum Gasteiger partial charge on any atom is 0.322 e. The normalized spacial score (nSPS) is 24.1. The second-order valence-electron chi connectivity index (χ2n) is 5.15. The number of imidazole rings is 1.